The van der Waals surface area contributed by atoms with Gasteiger partial charge in [0.05, 0.1) is 18.4 Å². The zero-order chi connectivity index (χ0) is 10.9. The van der Waals surface area contributed by atoms with E-state index in [2.05, 4.69) is 0 Å². The second-order valence-corrected chi connectivity index (χ2v) is 4.04. The minimum absolute atomic E-state index is 0.441. The van der Waals surface area contributed by atoms with Gasteiger partial charge in [0.25, 0.3) is 0 Å². The van der Waals surface area contributed by atoms with Gasteiger partial charge < -0.3 is 15.6 Å². The van der Waals surface area contributed by atoms with Crippen LogP contribution in [0.1, 0.15) is 19.4 Å². The molecule has 0 unspecified atom stereocenters. The first-order valence-electron chi connectivity index (χ1n) is 4.22. The second-order valence-electron chi connectivity index (χ2n) is 3.63. The number of nitrogen functional groups attached to an aromatic ring is 1. The van der Waals surface area contributed by atoms with Gasteiger partial charge in [-0.1, -0.05) is 11.6 Å². The Balaban J connectivity index is 3.32. The Morgan fingerprint density at radius 1 is 1.43 bits per heavy atom. The predicted molar refractivity (Wildman–Crippen MR) is 57.7 cm³/mol. The molecule has 3 nitrogen and oxygen atoms in total. The van der Waals surface area contributed by atoms with Crippen LogP contribution in [0.15, 0.2) is 12.1 Å². The quantitative estimate of drug-likeness (QED) is 0.744. The molecule has 14 heavy (non-hydrogen) atoms. The van der Waals surface area contributed by atoms with Crippen molar-refractivity contribution in [2.75, 3.05) is 12.8 Å². The van der Waals surface area contributed by atoms with Crippen molar-refractivity contribution in [3.05, 3.63) is 22.7 Å². The van der Waals surface area contributed by atoms with Gasteiger partial charge in [-0.2, -0.15) is 0 Å². The summed E-state index contributed by atoms with van der Waals surface area (Å²) in [7, 11) is 1.52. The van der Waals surface area contributed by atoms with E-state index < -0.39 is 5.60 Å². The fourth-order valence-corrected chi connectivity index (χ4v) is 1.62. The maximum absolute atomic E-state index is 9.80. The minimum Gasteiger partial charge on any atom is -0.495 e. The lowest BCUT2D eigenvalue weighted by Crippen LogP contribution is -2.16. The van der Waals surface area contributed by atoms with E-state index in [1.165, 1.54) is 7.11 Å². The van der Waals surface area contributed by atoms with E-state index in [1.807, 2.05) is 0 Å². The van der Waals surface area contributed by atoms with Gasteiger partial charge in [-0.3, -0.25) is 0 Å². The van der Waals surface area contributed by atoms with E-state index in [0.717, 1.165) is 0 Å². The number of methoxy groups -OCH3 is 1. The first kappa shape index (κ1) is 11.1. The van der Waals surface area contributed by atoms with Gasteiger partial charge in [-0.25, -0.2) is 0 Å². The summed E-state index contributed by atoms with van der Waals surface area (Å²) in [5.74, 6) is 0.520. The fraction of sp³-hybridized carbons (Fsp3) is 0.400. The molecule has 1 aromatic rings. The highest BCUT2D eigenvalue weighted by Gasteiger charge is 2.21. The van der Waals surface area contributed by atoms with E-state index in [4.69, 9.17) is 22.1 Å². The number of benzene rings is 1. The zero-order valence-electron chi connectivity index (χ0n) is 8.47. The van der Waals surface area contributed by atoms with Crippen molar-refractivity contribution in [2.45, 2.75) is 19.4 Å². The average molecular weight is 216 g/mol. The highest BCUT2D eigenvalue weighted by molar-refractivity contribution is 6.31. The molecule has 0 aromatic heterocycles. The lowest BCUT2D eigenvalue weighted by molar-refractivity contribution is 0.0785. The van der Waals surface area contributed by atoms with Gasteiger partial charge in [0.2, 0.25) is 0 Å². The van der Waals surface area contributed by atoms with Crippen LogP contribution < -0.4 is 10.5 Å². The summed E-state index contributed by atoms with van der Waals surface area (Å²) in [6.07, 6.45) is 0. The Kier molecular flexibility index (Phi) is 2.92. The molecule has 0 aliphatic heterocycles. The molecule has 78 valence electrons. The van der Waals surface area contributed by atoms with Crippen LogP contribution in [0.25, 0.3) is 0 Å². The maximum atomic E-state index is 9.80. The van der Waals surface area contributed by atoms with Crippen molar-refractivity contribution in [3.63, 3.8) is 0 Å². The van der Waals surface area contributed by atoms with Gasteiger partial charge in [-0.05, 0) is 26.0 Å². The third-order valence-corrected chi connectivity index (χ3v) is 2.29. The lowest BCUT2D eigenvalue weighted by Gasteiger charge is -2.20. The normalized spacial score (nSPS) is 11.5. The SMILES string of the molecule is COc1cc(C(C)(C)O)c(Cl)cc1N. The van der Waals surface area contributed by atoms with E-state index in [1.54, 1.807) is 26.0 Å². The van der Waals surface area contributed by atoms with Crippen LogP contribution in [0, 0.1) is 0 Å². The summed E-state index contributed by atoms with van der Waals surface area (Å²) in [6, 6.07) is 3.23. The van der Waals surface area contributed by atoms with Crippen LogP contribution in [-0.4, -0.2) is 12.2 Å². The molecule has 0 amide bonds. The van der Waals surface area contributed by atoms with Crippen molar-refractivity contribution in [2.24, 2.45) is 0 Å². The number of ether oxygens (including phenoxy) is 1. The van der Waals surface area contributed by atoms with Crippen molar-refractivity contribution >= 4 is 17.3 Å². The molecular weight excluding hydrogens is 202 g/mol. The molecule has 3 N–H and O–H groups in total. The highest BCUT2D eigenvalue weighted by Crippen LogP contribution is 2.34. The fourth-order valence-electron chi connectivity index (χ4n) is 1.21. The third-order valence-electron chi connectivity index (χ3n) is 1.98. The number of halogens is 1. The first-order chi connectivity index (χ1) is 6.36. The highest BCUT2D eigenvalue weighted by atomic mass is 35.5. The van der Waals surface area contributed by atoms with Crippen LogP contribution in [0.3, 0.4) is 0 Å². The molecular formula is C10H14ClNO2. The Bertz CT molecular complexity index is 345. The minimum atomic E-state index is -1.00. The monoisotopic (exact) mass is 215 g/mol. The molecule has 0 saturated heterocycles. The van der Waals surface area contributed by atoms with Crippen molar-refractivity contribution < 1.29 is 9.84 Å². The third kappa shape index (κ3) is 2.11. The Hall–Kier alpha value is -0.930. The number of hydrogen-bond acceptors (Lipinski definition) is 3. The molecule has 0 fully saturated rings. The van der Waals surface area contributed by atoms with Crippen molar-refractivity contribution in [3.8, 4) is 5.75 Å². The molecule has 0 spiro atoms. The van der Waals surface area contributed by atoms with Crippen molar-refractivity contribution in [1.29, 1.82) is 0 Å². The maximum Gasteiger partial charge on any atom is 0.142 e. The van der Waals surface area contributed by atoms with Crippen LogP contribution >= 0.6 is 11.6 Å². The predicted octanol–water partition coefficient (Wildman–Crippen LogP) is 2.16. The Morgan fingerprint density at radius 3 is 2.43 bits per heavy atom. The first-order valence-corrected chi connectivity index (χ1v) is 4.60. The molecule has 0 aliphatic rings. The van der Waals surface area contributed by atoms with Gasteiger partial charge in [-0.15, -0.1) is 0 Å². The number of nitrogens with two attached hydrogens (primary N) is 1. The molecule has 0 aliphatic carbocycles. The average Bonchev–Trinajstić information content (AvgIpc) is 2.02. The topological polar surface area (TPSA) is 55.5 Å². The van der Waals surface area contributed by atoms with Crippen LogP contribution in [0.5, 0.6) is 5.75 Å². The van der Waals surface area contributed by atoms with Crippen LogP contribution in [0.2, 0.25) is 5.02 Å². The molecule has 0 saturated carbocycles. The molecule has 0 radical (unpaired) electrons. The standard InChI is InChI=1S/C10H14ClNO2/c1-10(2,13)6-4-9(14-3)8(12)5-7(6)11/h4-5,13H,12H2,1-3H3. The molecule has 0 atom stereocenters. The number of rotatable bonds is 2. The van der Waals surface area contributed by atoms with Gasteiger partial charge in [0.15, 0.2) is 0 Å². The van der Waals surface area contributed by atoms with Gasteiger partial charge in [0, 0.05) is 10.6 Å². The number of hydrogen-bond donors (Lipinski definition) is 2. The zero-order valence-corrected chi connectivity index (χ0v) is 9.22. The van der Waals surface area contributed by atoms with Crippen LogP contribution in [-0.2, 0) is 5.60 Å². The second kappa shape index (κ2) is 3.67. The van der Waals surface area contributed by atoms with E-state index in [-0.39, 0.29) is 0 Å². The largest absolute Gasteiger partial charge is 0.495 e. The molecule has 0 bridgehead atoms. The number of aliphatic hydroxyl groups is 1. The smallest absolute Gasteiger partial charge is 0.142 e. The van der Waals surface area contributed by atoms with Crippen molar-refractivity contribution in [1.82, 2.24) is 0 Å². The van der Waals surface area contributed by atoms with E-state index in [9.17, 15) is 5.11 Å². The van der Waals surface area contributed by atoms with E-state index in [0.29, 0.717) is 22.0 Å². The Labute approximate surface area is 88.4 Å². The van der Waals surface area contributed by atoms with E-state index >= 15 is 0 Å². The summed E-state index contributed by atoms with van der Waals surface area (Å²) in [4.78, 5) is 0. The molecule has 1 rings (SSSR count). The summed E-state index contributed by atoms with van der Waals surface area (Å²) >= 11 is 5.95. The van der Waals surface area contributed by atoms with Gasteiger partial charge >= 0.3 is 0 Å². The molecule has 1 aromatic carbocycles. The summed E-state index contributed by atoms with van der Waals surface area (Å²) in [6.45, 7) is 3.31. The van der Waals surface area contributed by atoms with Crippen LogP contribution in [0.4, 0.5) is 5.69 Å². The Morgan fingerprint density at radius 2 is 2.00 bits per heavy atom. The number of anilines is 1. The molecule has 4 heteroatoms. The van der Waals surface area contributed by atoms with Gasteiger partial charge in [0.1, 0.15) is 5.75 Å². The summed E-state index contributed by atoms with van der Waals surface area (Å²) in [5, 5.41) is 10.2. The lowest BCUT2D eigenvalue weighted by atomic mass is 9.98. The summed E-state index contributed by atoms with van der Waals surface area (Å²) in [5.41, 5.74) is 5.72. The molecule has 0 heterocycles. The summed E-state index contributed by atoms with van der Waals surface area (Å²) < 4.78 is 5.04.